The van der Waals surface area contributed by atoms with Crippen molar-refractivity contribution in [3.05, 3.63) is 47.2 Å². The number of nitrogens with zero attached hydrogens (tertiary/aromatic N) is 1. The minimum atomic E-state index is -0.195. The molecular weight excluding hydrogens is 340 g/mol. The van der Waals surface area contributed by atoms with Crippen LogP contribution in [0.1, 0.15) is 30.3 Å². The Hall–Kier alpha value is -1.98. The Kier molecular flexibility index (Phi) is 4.44. The number of hydrogen-bond donors (Lipinski definition) is 1. The highest BCUT2D eigenvalue weighted by atomic mass is 35.5. The fraction of sp³-hybridized carbons (Fsp3) is 0.421. The molecular formula is C19H21ClN2O3. The highest BCUT2D eigenvalue weighted by Gasteiger charge is 2.40. The molecule has 25 heavy (non-hydrogen) atoms. The lowest BCUT2D eigenvalue weighted by molar-refractivity contribution is 0.0210. The highest BCUT2D eigenvalue weighted by Crippen LogP contribution is 2.33. The van der Waals surface area contributed by atoms with E-state index in [4.69, 9.17) is 20.8 Å². The molecule has 1 N–H and O–H groups in total. The Balaban J connectivity index is 1.43. The smallest absolute Gasteiger partial charge is 0.290 e. The molecule has 1 aromatic carbocycles. The predicted molar refractivity (Wildman–Crippen MR) is 95.2 cm³/mol. The molecule has 3 aliphatic rings. The first kappa shape index (κ1) is 16.5. The quantitative estimate of drug-likeness (QED) is 0.897. The molecule has 5 rings (SSSR count). The molecule has 2 aromatic rings. The third-order valence-electron chi connectivity index (χ3n) is 5.33. The van der Waals surface area contributed by atoms with Gasteiger partial charge in [-0.2, -0.15) is 0 Å². The lowest BCUT2D eigenvalue weighted by atomic mass is 9.79. The van der Waals surface area contributed by atoms with E-state index in [9.17, 15) is 4.79 Å². The topological polar surface area (TPSA) is 54.7 Å². The van der Waals surface area contributed by atoms with Crippen molar-refractivity contribution in [3.63, 3.8) is 0 Å². The monoisotopic (exact) mass is 360 g/mol. The maximum Gasteiger partial charge on any atom is 0.290 e. The van der Waals surface area contributed by atoms with Crippen molar-refractivity contribution in [1.82, 2.24) is 10.2 Å². The van der Waals surface area contributed by atoms with E-state index in [0.717, 1.165) is 25.9 Å². The molecule has 5 nitrogen and oxygen atoms in total. The zero-order chi connectivity index (χ0) is 17.4. The fourth-order valence-corrected chi connectivity index (χ4v) is 4.08. The number of piperidine rings is 3. The Bertz CT molecular complexity index is 766. The van der Waals surface area contributed by atoms with Crippen LogP contribution in [-0.2, 0) is 0 Å². The molecule has 1 aromatic heterocycles. The number of carbonyl (C=O) groups is 1. The SMILES string of the molecule is CC1C(NC(=O)c2ccc(Oc3ccccc3Cl)o2)C2CCN1CC2. The molecule has 3 aliphatic heterocycles. The van der Waals surface area contributed by atoms with Gasteiger partial charge in [-0.15, -0.1) is 0 Å². The number of furan rings is 1. The average Bonchev–Trinajstić information content (AvgIpc) is 3.09. The van der Waals surface area contributed by atoms with Crippen LogP contribution in [0.4, 0.5) is 0 Å². The van der Waals surface area contributed by atoms with E-state index in [0.29, 0.717) is 22.7 Å². The van der Waals surface area contributed by atoms with Gasteiger partial charge in [-0.25, -0.2) is 0 Å². The summed E-state index contributed by atoms with van der Waals surface area (Å²) in [6.45, 7) is 4.45. The minimum Gasteiger partial charge on any atom is -0.424 e. The zero-order valence-electron chi connectivity index (χ0n) is 14.1. The Labute approximate surface area is 151 Å². The van der Waals surface area contributed by atoms with E-state index in [1.54, 1.807) is 24.3 Å². The van der Waals surface area contributed by atoms with Crippen molar-refractivity contribution in [2.45, 2.75) is 31.8 Å². The Morgan fingerprint density at radius 1 is 1.24 bits per heavy atom. The van der Waals surface area contributed by atoms with Crippen LogP contribution in [0.25, 0.3) is 0 Å². The Morgan fingerprint density at radius 2 is 2.00 bits per heavy atom. The molecule has 0 radical (unpaired) electrons. The number of ether oxygens (including phenoxy) is 1. The number of carbonyl (C=O) groups excluding carboxylic acids is 1. The number of para-hydroxylation sites is 1. The van der Waals surface area contributed by atoms with Crippen molar-refractivity contribution >= 4 is 17.5 Å². The maximum atomic E-state index is 12.6. The summed E-state index contributed by atoms with van der Waals surface area (Å²) in [6, 6.07) is 10.9. The molecule has 3 fully saturated rings. The van der Waals surface area contributed by atoms with Crippen LogP contribution in [0.5, 0.6) is 11.7 Å². The lowest BCUT2D eigenvalue weighted by Crippen LogP contribution is -2.62. The van der Waals surface area contributed by atoms with E-state index < -0.39 is 0 Å². The second-order valence-corrected chi connectivity index (χ2v) is 7.17. The molecule has 0 aliphatic carbocycles. The van der Waals surface area contributed by atoms with Crippen molar-refractivity contribution in [2.24, 2.45) is 5.92 Å². The summed E-state index contributed by atoms with van der Waals surface area (Å²) in [5.74, 6) is 1.36. The van der Waals surface area contributed by atoms with Gasteiger partial charge in [-0.05, 0) is 57.0 Å². The third-order valence-corrected chi connectivity index (χ3v) is 5.64. The van der Waals surface area contributed by atoms with E-state index >= 15 is 0 Å². The summed E-state index contributed by atoms with van der Waals surface area (Å²) in [5, 5.41) is 3.64. The first-order chi connectivity index (χ1) is 12.1. The number of benzene rings is 1. The third kappa shape index (κ3) is 3.26. The number of amides is 1. The molecule has 3 saturated heterocycles. The summed E-state index contributed by atoms with van der Waals surface area (Å²) < 4.78 is 11.2. The van der Waals surface area contributed by atoms with E-state index in [-0.39, 0.29) is 23.7 Å². The van der Waals surface area contributed by atoms with Gasteiger partial charge in [0.1, 0.15) is 5.75 Å². The standard InChI is InChI=1S/C19H21ClN2O3/c1-12-18(13-8-10-22(12)11-9-13)21-19(23)16-6-7-17(25-16)24-15-5-3-2-4-14(15)20/h2-7,12-13,18H,8-11H2,1H3,(H,21,23). The van der Waals surface area contributed by atoms with Crippen LogP contribution in [0.15, 0.2) is 40.8 Å². The first-order valence-electron chi connectivity index (χ1n) is 8.69. The van der Waals surface area contributed by atoms with Crippen LogP contribution >= 0.6 is 11.6 Å². The number of rotatable bonds is 4. The summed E-state index contributed by atoms with van der Waals surface area (Å²) in [5.41, 5.74) is 0. The molecule has 0 spiro atoms. The predicted octanol–water partition coefficient (Wildman–Crippen LogP) is 3.94. The van der Waals surface area contributed by atoms with Crippen molar-refractivity contribution in [3.8, 4) is 11.7 Å². The molecule has 2 bridgehead atoms. The van der Waals surface area contributed by atoms with Gasteiger partial charge in [0.05, 0.1) is 5.02 Å². The molecule has 132 valence electrons. The van der Waals surface area contributed by atoms with Crippen LogP contribution in [0.2, 0.25) is 5.02 Å². The van der Waals surface area contributed by atoms with E-state index in [1.165, 1.54) is 0 Å². The summed E-state index contributed by atoms with van der Waals surface area (Å²) in [6.07, 6.45) is 2.29. The lowest BCUT2D eigenvalue weighted by Gasteiger charge is -2.49. The molecule has 2 unspecified atom stereocenters. The normalized spacial score (nSPS) is 27.9. The second-order valence-electron chi connectivity index (χ2n) is 6.76. The van der Waals surface area contributed by atoms with Crippen LogP contribution < -0.4 is 10.1 Å². The first-order valence-corrected chi connectivity index (χ1v) is 9.07. The van der Waals surface area contributed by atoms with Gasteiger partial charge in [0.15, 0.2) is 5.76 Å². The molecule has 0 saturated carbocycles. The van der Waals surface area contributed by atoms with Gasteiger partial charge in [0, 0.05) is 18.2 Å². The highest BCUT2D eigenvalue weighted by molar-refractivity contribution is 6.32. The molecule has 4 heterocycles. The number of nitrogens with one attached hydrogen (secondary N) is 1. The number of fused-ring (bicyclic) bond motifs is 3. The summed E-state index contributed by atoms with van der Waals surface area (Å²) in [7, 11) is 0. The van der Waals surface area contributed by atoms with Gasteiger partial charge in [0.2, 0.25) is 0 Å². The van der Waals surface area contributed by atoms with Crippen molar-refractivity contribution in [2.75, 3.05) is 13.1 Å². The van der Waals surface area contributed by atoms with Gasteiger partial charge in [0.25, 0.3) is 11.9 Å². The molecule has 2 atom stereocenters. The maximum absolute atomic E-state index is 12.6. The van der Waals surface area contributed by atoms with E-state index in [1.807, 2.05) is 12.1 Å². The van der Waals surface area contributed by atoms with Crippen LogP contribution in [0.3, 0.4) is 0 Å². The number of halogens is 1. The summed E-state index contributed by atoms with van der Waals surface area (Å²) in [4.78, 5) is 15.0. The summed E-state index contributed by atoms with van der Waals surface area (Å²) >= 11 is 6.07. The second kappa shape index (κ2) is 6.73. The van der Waals surface area contributed by atoms with E-state index in [2.05, 4.69) is 17.1 Å². The molecule has 1 amide bonds. The van der Waals surface area contributed by atoms with Gasteiger partial charge < -0.3 is 14.5 Å². The van der Waals surface area contributed by atoms with Gasteiger partial charge in [-0.3, -0.25) is 9.69 Å². The van der Waals surface area contributed by atoms with Crippen molar-refractivity contribution in [1.29, 1.82) is 0 Å². The number of hydrogen-bond acceptors (Lipinski definition) is 4. The van der Waals surface area contributed by atoms with Gasteiger partial charge in [-0.1, -0.05) is 23.7 Å². The van der Waals surface area contributed by atoms with Gasteiger partial charge >= 0.3 is 0 Å². The molecule has 6 heteroatoms. The Morgan fingerprint density at radius 3 is 2.72 bits per heavy atom. The van der Waals surface area contributed by atoms with Crippen molar-refractivity contribution < 1.29 is 13.9 Å². The zero-order valence-corrected chi connectivity index (χ0v) is 14.8. The fourth-order valence-electron chi connectivity index (χ4n) is 3.90. The minimum absolute atomic E-state index is 0.174. The van der Waals surface area contributed by atoms with Crippen LogP contribution in [-0.4, -0.2) is 36.0 Å². The largest absolute Gasteiger partial charge is 0.424 e. The van der Waals surface area contributed by atoms with Crippen LogP contribution in [0, 0.1) is 5.92 Å². The average molecular weight is 361 g/mol.